The normalized spacial score (nSPS) is 18.1. The minimum absolute atomic E-state index is 0.00182. The van der Waals surface area contributed by atoms with Crippen LogP contribution in [0.3, 0.4) is 0 Å². The van der Waals surface area contributed by atoms with E-state index in [-0.39, 0.29) is 67.1 Å². The molecule has 59 heavy (non-hydrogen) atoms. The molecule has 2 aliphatic rings. The zero-order chi connectivity index (χ0) is 57.7. The van der Waals surface area contributed by atoms with Gasteiger partial charge in [0, 0.05) is 37.0 Å². The summed E-state index contributed by atoms with van der Waals surface area (Å²) in [5.74, 6) is 0.211. The molecule has 0 amide bonds. The summed E-state index contributed by atoms with van der Waals surface area (Å²) >= 11 is 1.36. The van der Waals surface area contributed by atoms with Crippen molar-refractivity contribution < 1.29 is 37.9 Å². The highest BCUT2D eigenvalue weighted by atomic mass is 32.1. The highest BCUT2D eigenvalue weighted by molar-refractivity contribution is 7.33. The Morgan fingerprint density at radius 1 is 0.593 bits per heavy atom. The first-order valence-corrected chi connectivity index (χ1v) is 19.5. The van der Waals surface area contributed by atoms with Crippen molar-refractivity contribution in [1.82, 2.24) is 0 Å². The Bertz CT molecular complexity index is 4460. The lowest BCUT2D eigenvalue weighted by Gasteiger charge is -2.39. The van der Waals surface area contributed by atoms with E-state index in [0.717, 1.165) is 10.3 Å². The second-order valence-corrected chi connectivity index (χ2v) is 16.4. The molecule has 0 spiro atoms. The summed E-state index contributed by atoms with van der Waals surface area (Å²) in [4.78, 5) is 1.52. The summed E-state index contributed by atoms with van der Waals surface area (Å²) < 4.78 is 201. The van der Waals surface area contributed by atoms with Gasteiger partial charge in [0.05, 0.1) is 34.5 Å². The molecular formula is C54H38BNO2S. The van der Waals surface area contributed by atoms with Crippen molar-refractivity contribution in [2.45, 2.75) is 26.2 Å². The molecule has 0 unspecified atom stereocenters. The van der Waals surface area contributed by atoms with Gasteiger partial charge in [-0.15, -0.1) is 11.3 Å². The van der Waals surface area contributed by atoms with E-state index in [4.69, 9.17) is 31.1 Å². The van der Waals surface area contributed by atoms with Crippen LogP contribution in [0, 0.1) is 0 Å². The van der Waals surface area contributed by atoms with Crippen LogP contribution in [0.15, 0.2) is 180 Å². The van der Waals surface area contributed by atoms with Gasteiger partial charge in [-0.25, -0.2) is 0 Å². The SMILES string of the molecule is [2H]c1c([2H])c([2H])c(-c2cc3c4c(c2)N(c2c([2H])c([2H])c(-c5c([2H])c([2H])c([2H])c([2H])c5[2H])c([2H])c2[2H])c2c(sc5ccc(C(C)(C)C)cc25)B4c2ccc(-c4c([2H])c([2H])c([2H])c5oc6c([2H])c([2H])c([2H])c([2H])c6c45)cc2O3)c([2H])c1[2H]. The topological polar surface area (TPSA) is 25.6 Å². The first kappa shape index (κ1) is 19.3. The van der Waals surface area contributed by atoms with E-state index in [1.165, 1.54) is 28.4 Å². The molecule has 8 aromatic carbocycles. The van der Waals surface area contributed by atoms with Gasteiger partial charge in [-0.2, -0.15) is 0 Å². The third-order valence-corrected chi connectivity index (χ3v) is 12.1. The number of para-hydroxylation sites is 1. The monoisotopic (exact) mass is 796 g/mol. The number of anilines is 3. The fraction of sp³-hybridized carbons (Fsp3) is 0.0741. The number of hydrogen-bond acceptors (Lipinski definition) is 4. The number of hydrogen-bond donors (Lipinski definition) is 0. The molecule has 12 rings (SSSR count). The molecular weight excluding hydrogens is 737 g/mol. The molecule has 0 fully saturated rings. The first-order chi connectivity index (χ1) is 37.6. The molecule has 280 valence electrons. The summed E-state index contributed by atoms with van der Waals surface area (Å²) in [5, 5.41) is 0.490. The second kappa shape index (κ2) is 12.8. The van der Waals surface area contributed by atoms with Crippen molar-refractivity contribution in [2.75, 3.05) is 4.90 Å². The van der Waals surface area contributed by atoms with Gasteiger partial charge in [0.25, 0.3) is 6.71 Å². The lowest BCUT2D eigenvalue weighted by Crippen LogP contribution is -2.58. The molecule has 0 saturated heterocycles. The van der Waals surface area contributed by atoms with Gasteiger partial charge in [-0.3, -0.25) is 0 Å². The molecule has 10 aromatic rings. The molecule has 5 heteroatoms. The average molecular weight is 797 g/mol. The zero-order valence-electron chi connectivity index (χ0n) is 52.4. The Hall–Kier alpha value is -6.82. The van der Waals surface area contributed by atoms with E-state index in [9.17, 15) is 6.85 Å². The molecule has 2 aromatic heterocycles. The molecule has 0 N–H and O–H groups in total. The maximum atomic E-state index is 9.84. The molecule has 2 aliphatic heterocycles. The van der Waals surface area contributed by atoms with E-state index in [2.05, 4.69) is 0 Å². The second-order valence-electron chi connectivity index (χ2n) is 15.3. The van der Waals surface area contributed by atoms with Crippen molar-refractivity contribution in [3.8, 4) is 44.9 Å². The van der Waals surface area contributed by atoms with Gasteiger partial charge in [0.15, 0.2) is 0 Å². The number of thiophene rings is 1. The van der Waals surface area contributed by atoms with E-state index in [0.29, 0.717) is 26.8 Å². The summed E-state index contributed by atoms with van der Waals surface area (Å²) in [7, 11) is 0. The van der Waals surface area contributed by atoms with Gasteiger partial charge < -0.3 is 14.1 Å². The first-order valence-electron chi connectivity index (χ1n) is 29.1. The van der Waals surface area contributed by atoms with E-state index < -0.39 is 150 Å². The Morgan fingerprint density at radius 3 is 2.07 bits per heavy atom. The van der Waals surface area contributed by atoms with Gasteiger partial charge in [0.1, 0.15) is 22.7 Å². The minimum atomic E-state index is -0.812. The Labute approximate surface area is 377 Å². The number of ether oxygens (including phenoxy) is 1. The zero-order valence-corrected chi connectivity index (χ0v) is 32.2. The number of nitrogens with zero attached hydrogens (tertiary/aromatic N) is 1. The van der Waals surface area contributed by atoms with Crippen LogP contribution in [0.25, 0.3) is 65.4 Å². The van der Waals surface area contributed by atoms with Gasteiger partial charge in [-0.05, 0) is 110 Å². The van der Waals surface area contributed by atoms with E-state index in [1.807, 2.05) is 39.0 Å². The minimum Gasteiger partial charge on any atom is -0.458 e. The van der Waals surface area contributed by atoms with Crippen LogP contribution in [-0.2, 0) is 5.41 Å². The van der Waals surface area contributed by atoms with Crippen LogP contribution in [0.2, 0.25) is 0 Å². The lowest BCUT2D eigenvalue weighted by atomic mass is 9.37. The van der Waals surface area contributed by atoms with Crippen molar-refractivity contribution >= 4 is 82.8 Å². The third-order valence-electron chi connectivity index (χ3n) is 10.8. The van der Waals surface area contributed by atoms with Crippen molar-refractivity contribution in [1.29, 1.82) is 0 Å². The average Bonchev–Trinajstić information content (AvgIpc) is 4.16. The summed E-state index contributed by atoms with van der Waals surface area (Å²) in [6.45, 7) is 5.24. The Balaban J connectivity index is 1.20. The van der Waals surface area contributed by atoms with Crippen LogP contribution >= 0.6 is 11.3 Å². The number of furan rings is 1. The van der Waals surface area contributed by atoms with Gasteiger partial charge in [-0.1, -0.05) is 142 Å². The maximum absolute atomic E-state index is 9.84. The van der Waals surface area contributed by atoms with E-state index >= 15 is 0 Å². The van der Waals surface area contributed by atoms with Crippen LogP contribution < -0.4 is 25.3 Å². The largest absolute Gasteiger partial charge is 0.458 e. The highest BCUT2D eigenvalue weighted by Crippen LogP contribution is 2.49. The summed E-state index contributed by atoms with van der Waals surface area (Å²) in [6, 6.07) is 0.513. The molecule has 0 radical (unpaired) electrons. The van der Waals surface area contributed by atoms with Crippen LogP contribution in [-0.4, -0.2) is 6.71 Å². The quantitative estimate of drug-likeness (QED) is 0.166. The predicted octanol–water partition coefficient (Wildman–Crippen LogP) is 13.5. The molecule has 0 atom stereocenters. The van der Waals surface area contributed by atoms with Crippen LogP contribution in [0.4, 0.5) is 17.1 Å². The number of benzene rings is 8. The molecule has 0 saturated carbocycles. The van der Waals surface area contributed by atoms with Crippen molar-refractivity contribution in [3.05, 3.63) is 181 Å². The summed E-state index contributed by atoms with van der Waals surface area (Å²) in [6.07, 6.45) is 0. The molecule has 0 aliphatic carbocycles. The fourth-order valence-corrected chi connectivity index (χ4v) is 9.42. The highest BCUT2D eigenvalue weighted by Gasteiger charge is 2.44. The van der Waals surface area contributed by atoms with Gasteiger partial charge >= 0.3 is 0 Å². The molecule has 4 heterocycles. The number of fused-ring (bicyclic) bond motifs is 9. The third kappa shape index (κ3) is 5.35. The summed E-state index contributed by atoms with van der Waals surface area (Å²) in [5.41, 5.74) is -0.0904. The van der Waals surface area contributed by atoms with Crippen LogP contribution in [0.1, 0.15) is 55.1 Å². The predicted molar refractivity (Wildman–Crippen MR) is 250 cm³/mol. The van der Waals surface area contributed by atoms with Crippen LogP contribution in [0.5, 0.6) is 11.5 Å². The Morgan fingerprint density at radius 2 is 1.29 bits per heavy atom. The maximum Gasteiger partial charge on any atom is 0.268 e. The van der Waals surface area contributed by atoms with Crippen molar-refractivity contribution in [2.24, 2.45) is 0 Å². The van der Waals surface area contributed by atoms with Crippen molar-refractivity contribution in [3.63, 3.8) is 0 Å². The smallest absolute Gasteiger partial charge is 0.268 e. The standard InChI is InChI=1S/C54H38BNO2S/c1-54(2,3)38-24-28-49-42(32-38)52-53(59-49)55-43-27-23-36(40-18-12-20-46-50(40)41-17-10-11-19-45(41)57-46)30-47(43)58-48-31-37(34-15-8-5-9-16-34)29-44(51(48)55)56(52)39-25-21-35(22-26-39)33-13-6-4-7-14-33/h4-32H,1-3H3/i4D,5D,6D,7D,8D,9D,10D,11D,12D,13D,14D,15D,16D,17D,18D,19D,20D,21D,22D,25D,26D. The van der Waals surface area contributed by atoms with E-state index in [1.54, 1.807) is 18.2 Å². The molecule has 3 nitrogen and oxygen atoms in total. The van der Waals surface area contributed by atoms with Gasteiger partial charge in [0.2, 0.25) is 0 Å². The fourth-order valence-electron chi connectivity index (χ4n) is 8.12. The number of rotatable bonds is 4. The molecule has 0 bridgehead atoms. The lowest BCUT2D eigenvalue weighted by molar-refractivity contribution is 0.488. The Kier molecular flexibility index (Phi) is 4.20.